The van der Waals surface area contributed by atoms with E-state index in [0.717, 1.165) is 16.8 Å². The van der Waals surface area contributed by atoms with Crippen molar-refractivity contribution in [1.29, 1.82) is 0 Å². The molecule has 2 heterocycles. The predicted molar refractivity (Wildman–Crippen MR) is 129 cm³/mol. The summed E-state index contributed by atoms with van der Waals surface area (Å²) in [5, 5.41) is 7.32. The lowest BCUT2D eigenvalue weighted by atomic mass is 9.95. The number of carbonyl (C=O) groups is 2. The molecule has 178 valence electrons. The van der Waals surface area contributed by atoms with Crippen molar-refractivity contribution in [1.82, 2.24) is 20.0 Å². The number of hydrogen-bond donors (Lipinski definition) is 1. The summed E-state index contributed by atoms with van der Waals surface area (Å²) >= 11 is 0. The van der Waals surface area contributed by atoms with Crippen LogP contribution in [0.25, 0.3) is 0 Å². The van der Waals surface area contributed by atoms with Crippen molar-refractivity contribution in [2.24, 2.45) is 0 Å². The van der Waals surface area contributed by atoms with Crippen LogP contribution in [0, 0.1) is 6.92 Å². The molecular formula is C27H31FN4O2. The van der Waals surface area contributed by atoms with Gasteiger partial charge in [-0.15, -0.1) is 0 Å². The standard InChI is InChI=1S/C27H31FN4O2/c1-18(2)20-9-11-22(12-10-20)26(21-7-5-4-6-8-21)29-27(34)24-15-23(28)16-32(24)25(33)17-31-14-13-19(3)30-31/h4-14,18,23-24,26H,15-17H2,1-3H3,(H,29,34)/t23-,24+,26+/m1/s1. The normalized spacial score (nSPS) is 18.8. The molecule has 0 saturated carbocycles. The minimum absolute atomic E-state index is 0.0104. The van der Waals surface area contributed by atoms with Gasteiger partial charge < -0.3 is 10.2 Å². The van der Waals surface area contributed by atoms with E-state index in [1.807, 2.05) is 49.4 Å². The lowest BCUT2D eigenvalue weighted by Crippen LogP contribution is -2.48. The van der Waals surface area contributed by atoms with E-state index in [1.54, 1.807) is 12.3 Å². The van der Waals surface area contributed by atoms with Gasteiger partial charge >= 0.3 is 0 Å². The van der Waals surface area contributed by atoms with Gasteiger partial charge in [0.05, 0.1) is 18.3 Å². The fraction of sp³-hybridized carbons (Fsp3) is 0.370. The highest BCUT2D eigenvalue weighted by Gasteiger charge is 2.40. The molecule has 0 radical (unpaired) electrons. The van der Waals surface area contributed by atoms with Gasteiger partial charge in [-0.1, -0.05) is 68.4 Å². The molecule has 0 spiro atoms. The fourth-order valence-corrected chi connectivity index (χ4v) is 4.41. The van der Waals surface area contributed by atoms with Crippen molar-refractivity contribution >= 4 is 11.8 Å². The number of halogens is 1. The van der Waals surface area contributed by atoms with Gasteiger partial charge in [0.1, 0.15) is 18.8 Å². The monoisotopic (exact) mass is 462 g/mol. The van der Waals surface area contributed by atoms with Crippen molar-refractivity contribution in [2.75, 3.05) is 6.54 Å². The number of amides is 2. The number of carbonyl (C=O) groups excluding carboxylic acids is 2. The zero-order chi connectivity index (χ0) is 24.2. The van der Waals surface area contributed by atoms with Crippen LogP contribution in [0.4, 0.5) is 4.39 Å². The van der Waals surface area contributed by atoms with E-state index in [4.69, 9.17) is 0 Å². The number of hydrogen-bond acceptors (Lipinski definition) is 3. The molecule has 2 amide bonds. The van der Waals surface area contributed by atoms with E-state index < -0.39 is 18.3 Å². The summed E-state index contributed by atoms with van der Waals surface area (Å²) in [4.78, 5) is 27.7. The van der Waals surface area contributed by atoms with Gasteiger partial charge in [-0.2, -0.15) is 5.10 Å². The number of nitrogens with zero attached hydrogens (tertiary/aromatic N) is 3. The van der Waals surface area contributed by atoms with Crippen molar-refractivity contribution in [2.45, 2.75) is 57.9 Å². The van der Waals surface area contributed by atoms with Gasteiger partial charge in [-0.05, 0) is 35.6 Å². The SMILES string of the molecule is Cc1ccn(CC(=O)N2C[C@H](F)C[C@H]2C(=O)N[C@@H](c2ccccc2)c2ccc(C(C)C)cc2)n1. The van der Waals surface area contributed by atoms with Crippen LogP contribution in [0.1, 0.15) is 54.6 Å². The maximum atomic E-state index is 14.4. The Kier molecular flexibility index (Phi) is 7.10. The van der Waals surface area contributed by atoms with Gasteiger partial charge in [-0.25, -0.2) is 4.39 Å². The minimum atomic E-state index is -1.24. The summed E-state index contributed by atoms with van der Waals surface area (Å²) in [5.74, 6) is -0.273. The molecule has 1 aliphatic heterocycles. The first-order valence-electron chi connectivity index (χ1n) is 11.7. The lowest BCUT2D eigenvalue weighted by Gasteiger charge is -2.27. The summed E-state index contributed by atoms with van der Waals surface area (Å²) < 4.78 is 15.9. The molecule has 4 rings (SSSR count). The molecule has 1 N–H and O–H groups in total. The number of aryl methyl sites for hydroxylation is 1. The minimum Gasteiger partial charge on any atom is -0.343 e. The number of benzene rings is 2. The van der Waals surface area contributed by atoms with Crippen LogP contribution in [0.5, 0.6) is 0 Å². The van der Waals surface area contributed by atoms with E-state index in [1.165, 1.54) is 15.1 Å². The predicted octanol–water partition coefficient (Wildman–Crippen LogP) is 4.16. The largest absolute Gasteiger partial charge is 0.343 e. The molecule has 1 saturated heterocycles. The summed E-state index contributed by atoms with van der Waals surface area (Å²) in [6, 6.07) is 18.4. The summed E-state index contributed by atoms with van der Waals surface area (Å²) in [5.41, 5.74) is 3.86. The van der Waals surface area contributed by atoms with Crippen molar-refractivity contribution in [3.63, 3.8) is 0 Å². The third-order valence-electron chi connectivity index (χ3n) is 6.30. The Labute approximate surface area is 199 Å². The maximum absolute atomic E-state index is 14.4. The van der Waals surface area contributed by atoms with Crippen molar-refractivity contribution < 1.29 is 14.0 Å². The number of nitrogens with one attached hydrogen (secondary N) is 1. The molecule has 0 aliphatic carbocycles. The highest BCUT2D eigenvalue weighted by Crippen LogP contribution is 2.27. The Morgan fingerprint density at radius 3 is 2.29 bits per heavy atom. The van der Waals surface area contributed by atoms with Gasteiger partial charge in [0.15, 0.2) is 0 Å². The van der Waals surface area contributed by atoms with Crippen molar-refractivity contribution in [3.05, 3.63) is 89.2 Å². The van der Waals surface area contributed by atoms with Crippen LogP contribution in [0.2, 0.25) is 0 Å². The Morgan fingerprint density at radius 1 is 1.03 bits per heavy atom. The van der Waals surface area contributed by atoms with Crippen LogP contribution >= 0.6 is 0 Å². The topological polar surface area (TPSA) is 67.2 Å². The molecule has 2 aromatic carbocycles. The Hall–Kier alpha value is -3.48. The Bertz CT molecular complexity index is 1130. The molecule has 6 nitrogen and oxygen atoms in total. The number of alkyl halides is 1. The molecule has 34 heavy (non-hydrogen) atoms. The van der Waals surface area contributed by atoms with Crippen LogP contribution in [0.3, 0.4) is 0 Å². The summed E-state index contributed by atoms with van der Waals surface area (Å²) in [6.07, 6.45) is 0.459. The second-order valence-electron chi connectivity index (χ2n) is 9.22. The second kappa shape index (κ2) is 10.2. The van der Waals surface area contributed by atoms with E-state index >= 15 is 0 Å². The average Bonchev–Trinajstić information content (AvgIpc) is 3.43. The van der Waals surface area contributed by atoms with Crippen LogP contribution in [-0.2, 0) is 16.1 Å². The molecule has 0 unspecified atom stereocenters. The maximum Gasteiger partial charge on any atom is 0.245 e. The zero-order valence-corrected chi connectivity index (χ0v) is 19.8. The van der Waals surface area contributed by atoms with E-state index in [9.17, 15) is 14.0 Å². The van der Waals surface area contributed by atoms with Gasteiger partial charge in [-0.3, -0.25) is 14.3 Å². The number of rotatable bonds is 7. The number of aromatic nitrogens is 2. The molecule has 3 aromatic rings. The van der Waals surface area contributed by atoms with Gasteiger partial charge in [0.25, 0.3) is 0 Å². The van der Waals surface area contributed by atoms with Gasteiger partial charge in [0, 0.05) is 12.6 Å². The summed E-state index contributed by atoms with van der Waals surface area (Å²) in [7, 11) is 0. The van der Waals surface area contributed by atoms with E-state index in [-0.39, 0.29) is 31.3 Å². The lowest BCUT2D eigenvalue weighted by molar-refractivity contribution is -0.139. The quantitative estimate of drug-likeness (QED) is 0.573. The fourth-order valence-electron chi connectivity index (χ4n) is 4.41. The Balaban J connectivity index is 1.55. The molecule has 1 aliphatic rings. The van der Waals surface area contributed by atoms with Crippen molar-refractivity contribution in [3.8, 4) is 0 Å². The third-order valence-corrected chi connectivity index (χ3v) is 6.30. The molecule has 7 heteroatoms. The van der Waals surface area contributed by atoms with E-state index in [0.29, 0.717) is 5.92 Å². The van der Waals surface area contributed by atoms with Crippen LogP contribution < -0.4 is 5.32 Å². The first-order chi connectivity index (χ1) is 16.3. The zero-order valence-electron chi connectivity index (χ0n) is 19.8. The first-order valence-corrected chi connectivity index (χ1v) is 11.7. The van der Waals surface area contributed by atoms with Gasteiger partial charge in [0.2, 0.25) is 11.8 Å². The molecule has 0 bridgehead atoms. The highest BCUT2D eigenvalue weighted by atomic mass is 19.1. The second-order valence-corrected chi connectivity index (χ2v) is 9.22. The van der Waals surface area contributed by atoms with E-state index in [2.05, 4.69) is 36.4 Å². The first kappa shape index (κ1) is 23.7. The smallest absolute Gasteiger partial charge is 0.245 e. The molecule has 1 aromatic heterocycles. The average molecular weight is 463 g/mol. The highest BCUT2D eigenvalue weighted by molar-refractivity contribution is 5.88. The molecule has 1 fully saturated rings. The Morgan fingerprint density at radius 2 is 1.68 bits per heavy atom. The molecule has 3 atom stereocenters. The van der Waals surface area contributed by atoms with Crippen LogP contribution in [0.15, 0.2) is 66.9 Å². The summed E-state index contributed by atoms with van der Waals surface area (Å²) in [6.45, 7) is 5.99. The molecular weight excluding hydrogens is 431 g/mol. The van der Waals surface area contributed by atoms with Crippen LogP contribution in [-0.4, -0.2) is 45.3 Å². The number of likely N-dealkylation sites (tertiary alicyclic amines) is 1. The third kappa shape index (κ3) is 5.35.